The second-order valence-corrected chi connectivity index (χ2v) is 6.64. The number of aryl methyl sites for hydroxylation is 1. The maximum absolute atomic E-state index is 4.78. The molecule has 128 valence electrons. The summed E-state index contributed by atoms with van der Waals surface area (Å²) >= 11 is 0. The molecule has 3 heterocycles. The highest BCUT2D eigenvalue weighted by Gasteiger charge is 2.18. The highest BCUT2D eigenvalue weighted by atomic mass is 15.2. The predicted octanol–water partition coefficient (Wildman–Crippen LogP) is 2.66. The quantitative estimate of drug-likeness (QED) is 0.798. The van der Waals surface area contributed by atoms with Gasteiger partial charge in [0.25, 0.3) is 0 Å². The minimum Gasteiger partial charge on any atom is -0.355 e. The maximum atomic E-state index is 4.78. The number of anilines is 1. The van der Waals surface area contributed by atoms with E-state index in [4.69, 9.17) is 4.98 Å². The zero-order chi connectivity index (χ0) is 17.2. The number of benzene rings is 1. The van der Waals surface area contributed by atoms with Gasteiger partial charge in [0.05, 0.1) is 5.69 Å². The molecule has 1 aliphatic rings. The van der Waals surface area contributed by atoms with Gasteiger partial charge in [0.2, 0.25) is 0 Å². The van der Waals surface area contributed by atoms with E-state index in [1.165, 1.54) is 27.6 Å². The van der Waals surface area contributed by atoms with Crippen molar-refractivity contribution in [3.8, 4) is 0 Å². The van der Waals surface area contributed by atoms with Gasteiger partial charge in [0, 0.05) is 49.9 Å². The monoisotopic (exact) mass is 333 g/mol. The molecule has 5 heteroatoms. The third-order valence-electron chi connectivity index (χ3n) is 4.81. The Morgan fingerprint density at radius 3 is 2.92 bits per heavy atom. The fraction of sp³-hybridized carbons (Fsp3) is 0.350. The molecule has 1 aliphatic heterocycles. The molecule has 3 aromatic rings. The molecule has 0 bridgehead atoms. The molecular formula is C20H23N5. The maximum Gasteiger partial charge on any atom is 0.135 e. The summed E-state index contributed by atoms with van der Waals surface area (Å²) in [5.41, 5.74) is 3.78. The van der Waals surface area contributed by atoms with Gasteiger partial charge in [-0.15, -0.1) is 0 Å². The van der Waals surface area contributed by atoms with Crippen molar-refractivity contribution >= 4 is 16.6 Å². The van der Waals surface area contributed by atoms with Crippen molar-refractivity contribution < 1.29 is 0 Å². The molecule has 0 spiro atoms. The fourth-order valence-electron chi connectivity index (χ4n) is 3.62. The van der Waals surface area contributed by atoms with Crippen molar-refractivity contribution in [2.45, 2.75) is 26.3 Å². The van der Waals surface area contributed by atoms with Crippen molar-refractivity contribution in [2.24, 2.45) is 0 Å². The molecule has 5 nitrogen and oxygen atoms in total. The van der Waals surface area contributed by atoms with E-state index in [0.29, 0.717) is 0 Å². The van der Waals surface area contributed by atoms with Gasteiger partial charge in [-0.1, -0.05) is 18.2 Å². The molecule has 0 saturated heterocycles. The fourth-order valence-corrected chi connectivity index (χ4v) is 3.62. The van der Waals surface area contributed by atoms with Gasteiger partial charge in [-0.3, -0.25) is 4.98 Å². The van der Waals surface area contributed by atoms with Crippen molar-refractivity contribution in [2.75, 3.05) is 25.0 Å². The summed E-state index contributed by atoms with van der Waals surface area (Å²) in [6, 6.07) is 8.49. The molecule has 0 saturated carbocycles. The number of nitrogens with one attached hydrogen (secondary N) is 1. The summed E-state index contributed by atoms with van der Waals surface area (Å²) < 4.78 is 0. The number of hydrogen-bond donors (Lipinski definition) is 1. The Bertz CT molecular complexity index is 900. The Balaban J connectivity index is 1.71. The van der Waals surface area contributed by atoms with E-state index in [0.717, 1.165) is 44.1 Å². The number of rotatable bonds is 3. The van der Waals surface area contributed by atoms with Crippen LogP contribution in [-0.4, -0.2) is 35.1 Å². The summed E-state index contributed by atoms with van der Waals surface area (Å²) in [6.45, 7) is 4.78. The van der Waals surface area contributed by atoms with Crippen LogP contribution in [0.15, 0.2) is 36.7 Å². The first kappa shape index (κ1) is 16.0. The van der Waals surface area contributed by atoms with E-state index in [-0.39, 0.29) is 0 Å². The Kier molecular flexibility index (Phi) is 4.32. The van der Waals surface area contributed by atoms with Gasteiger partial charge in [-0.25, -0.2) is 9.97 Å². The lowest BCUT2D eigenvalue weighted by atomic mass is 10.1. The van der Waals surface area contributed by atoms with Crippen LogP contribution < -0.4 is 10.2 Å². The van der Waals surface area contributed by atoms with Crippen LogP contribution in [0, 0.1) is 6.92 Å². The van der Waals surface area contributed by atoms with Gasteiger partial charge in [0.15, 0.2) is 0 Å². The van der Waals surface area contributed by atoms with Crippen LogP contribution in [0.3, 0.4) is 0 Å². The number of aromatic nitrogens is 3. The molecular weight excluding hydrogens is 310 g/mol. The second kappa shape index (κ2) is 6.76. The van der Waals surface area contributed by atoms with Gasteiger partial charge in [-0.05, 0) is 36.9 Å². The van der Waals surface area contributed by atoms with Gasteiger partial charge < -0.3 is 10.2 Å². The van der Waals surface area contributed by atoms with Crippen LogP contribution in [-0.2, 0) is 19.4 Å². The van der Waals surface area contributed by atoms with E-state index in [2.05, 4.69) is 51.5 Å². The largest absolute Gasteiger partial charge is 0.355 e. The lowest BCUT2D eigenvalue weighted by Gasteiger charge is -2.23. The first-order chi connectivity index (χ1) is 12.2. The van der Waals surface area contributed by atoms with Gasteiger partial charge in [-0.2, -0.15) is 0 Å². The Morgan fingerprint density at radius 1 is 1.12 bits per heavy atom. The van der Waals surface area contributed by atoms with E-state index >= 15 is 0 Å². The molecule has 1 aromatic carbocycles. The topological polar surface area (TPSA) is 53.9 Å². The van der Waals surface area contributed by atoms with Crippen LogP contribution in [0.4, 0.5) is 5.82 Å². The van der Waals surface area contributed by atoms with Gasteiger partial charge in [0.1, 0.15) is 11.6 Å². The Morgan fingerprint density at radius 2 is 2.00 bits per heavy atom. The minimum atomic E-state index is 0.817. The van der Waals surface area contributed by atoms with Crippen molar-refractivity contribution in [1.82, 2.24) is 20.3 Å². The number of nitrogens with zero attached hydrogens (tertiary/aromatic N) is 4. The number of hydrogen-bond acceptors (Lipinski definition) is 5. The lowest BCUT2D eigenvalue weighted by Crippen LogP contribution is -2.22. The standard InChI is InChI=1S/C20H23N5/c1-14-23-19-8-11-21-9-7-18(19)20(24-14)25(2)13-16-5-3-4-15-12-22-10-6-17(15)16/h3-6,10,12,21H,7-9,11,13H2,1-2H3. The number of pyridine rings is 1. The van der Waals surface area contributed by atoms with Crippen molar-refractivity contribution in [1.29, 1.82) is 0 Å². The third-order valence-corrected chi connectivity index (χ3v) is 4.81. The Labute approximate surface area is 148 Å². The highest BCUT2D eigenvalue weighted by Crippen LogP contribution is 2.25. The van der Waals surface area contributed by atoms with Crippen LogP contribution in [0.1, 0.15) is 22.6 Å². The van der Waals surface area contributed by atoms with E-state index < -0.39 is 0 Å². The molecule has 0 aliphatic carbocycles. The highest BCUT2D eigenvalue weighted by molar-refractivity contribution is 5.85. The van der Waals surface area contributed by atoms with Crippen LogP contribution in [0.2, 0.25) is 0 Å². The van der Waals surface area contributed by atoms with Crippen LogP contribution in [0.25, 0.3) is 10.8 Å². The lowest BCUT2D eigenvalue weighted by molar-refractivity contribution is 0.708. The first-order valence-corrected chi connectivity index (χ1v) is 8.82. The molecule has 0 fully saturated rings. The van der Waals surface area contributed by atoms with Crippen LogP contribution in [0.5, 0.6) is 0 Å². The first-order valence-electron chi connectivity index (χ1n) is 8.82. The SMILES string of the molecule is Cc1nc2c(c(N(C)Cc3cccc4cnccc34)n1)CCNCC2. The van der Waals surface area contributed by atoms with Crippen molar-refractivity contribution in [3.05, 3.63) is 59.3 Å². The van der Waals surface area contributed by atoms with E-state index in [9.17, 15) is 0 Å². The molecule has 0 radical (unpaired) electrons. The summed E-state index contributed by atoms with van der Waals surface area (Å²) in [5.74, 6) is 1.92. The molecule has 4 rings (SSSR count). The molecule has 1 N–H and O–H groups in total. The van der Waals surface area contributed by atoms with Crippen LogP contribution >= 0.6 is 0 Å². The summed E-state index contributed by atoms with van der Waals surface area (Å²) in [4.78, 5) is 16.0. The number of fused-ring (bicyclic) bond motifs is 2. The minimum absolute atomic E-state index is 0.817. The Hall–Kier alpha value is -2.53. The normalized spacial score (nSPS) is 14.2. The average molecular weight is 333 g/mol. The smallest absolute Gasteiger partial charge is 0.135 e. The summed E-state index contributed by atoms with van der Waals surface area (Å²) in [7, 11) is 2.13. The van der Waals surface area contributed by atoms with E-state index in [1.54, 1.807) is 0 Å². The van der Waals surface area contributed by atoms with E-state index in [1.807, 2.05) is 19.3 Å². The molecule has 25 heavy (non-hydrogen) atoms. The molecule has 0 amide bonds. The third kappa shape index (κ3) is 3.20. The zero-order valence-electron chi connectivity index (χ0n) is 14.8. The summed E-state index contributed by atoms with van der Waals surface area (Å²) in [6.07, 6.45) is 5.73. The summed E-state index contributed by atoms with van der Waals surface area (Å²) in [5, 5.41) is 5.89. The molecule has 0 unspecified atom stereocenters. The van der Waals surface area contributed by atoms with Gasteiger partial charge >= 0.3 is 0 Å². The molecule has 0 atom stereocenters. The van der Waals surface area contributed by atoms with Crippen molar-refractivity contribution in [3.63, 3.8) is 0 Å². The second-order valence-electron chi connectivity index (χ2n) is 6.64. The zero-order valence-corrected chi connectivity index (χ0v) is 14.8. The predicted molar refractivity (Wildman–Crippen MR) is 101 cm³/mol. The average Bonchev–Trinajstić information content (AvgIpc) is 2.86. The molecule has 2 aromatic heterocycles.